The molecule has 0 unspecified atom stereocenters. The van der Waals surface area contributed by atoms with E-state index in [1.54, 1.807) is 6.20 Å². The number of hydrogen-bond donors (Lipinski definition) is 3. The first-order chi connectivity index (χ1) is 15.5. The van der Waals surface area contributed by atoms with Crippen molar-refractivity contribution in [2.24, 2.45) is 0 Å². The highest BCUT2D eigenvalue weighted by Crippen LogP contribution is 2.41. The standard InChI is InChI=1S/C24H27ClN6O/c1-17-8-11-26-21(14-17)31-22-15-20(29-16-30-22)27-12-13-28-23(32)24(9-2-3-10-24)18-4-6-19(25)7-5-18/h4-8,11,14-16H,2-3,9-10,12-13H2,1H3,(H,28,32)(H2,26,27,29,30,31). The number of carbonyl (C=O) groups excluding carboxylic acids is 1. The molecule has 0 bridgehead atoms. The fraction of sp³-hybridized carbons (Fsp3) is 0.333. The van der Waals surface area contributed by atoms with Crippen LogP contribution in [0.1, 0.15) is 36.8 Å². The van der Waals surface area contributed by atoms with Crippen LogP contribution in [0.15, 0.2) is 55.0 Å². The van der Waals surface area contributed by atoms with E-state index in [9.17, 15) is 4.79 Å². The predicted molar refractivity (Wildman–Crippen MR) is 127 cm³/mol. The number of benzene rings is 1. The molecule has 1 aliphatic rings. The lowest BCUT2D eigenvalue weighted by atomic mass is 9.78. The van der Waals surface area contributed by atoms with Gasteiger partial charge in [-0.1, -0.05) is 36.6 Å². The Hall–Kier alpha value is -3.19. The fourth-order valence-electron chi connectivity index (χ4n) is 4.19. The van der Waals surface area contributed by atoms with Crippen LogP contribution in [-0.2, 0) is 10.2 Å². The van der Waals surface area contributed by atoms with Crippen LogP contribution in [0.5, 0.6) is 0 Å². The fourth-order valence-corrected chi connectivity index (χ4v) is 4.31. The smallest absolute Gasteiger partial charge is 0.230 e. The second-order valence-electron chi connectivity index (χ2n) is 8.11. The first-order valence-corrected chi connectivity index (χ1v) is 11.2. The Morgan fingerprint density at radius 2 is 1.69 bits per heavy atom. The molecule has 1 amide bonds. The molecule has 0 radical (unpaired) electrons. The monoisotopic (exact) mass is 450 g/mol. The van der Waals surface area contributed by atoms with E-state index < -0.39 is 5.41 Å². The van der Waals surface area contributed by atoms with Gasteiger partial charge in [-0.05, 0) is 55.2 Å². The Labute approximate surface area is 193 Å². The Morgan fingerprint density at radius 1 is 0.969 bits per heavy atom. The van der Waals surface area contributed by atoms with Gasteiger partial charge in [0, 0.05) is 30.4 Å². The molecule has 8 heteroatoms. The summed E-state index contributed by atoms with van der Waals surface area (Å²) in [5.41, 5.74) is 1.70. The van der Waals surface area contributed by atoms with Crippen molar-refractivity contribution in [3.63, 3.8) is 0 Å². The minimum absolute atomic E-state index is 0.0784. The topological polar surface area (TPSA) is 91.8 Å². The van der Waals surface area contributed by atoms with Gasteiger partial charge in [-0.2, -0.15) is 0 Å². The summed E-state index contributed by atoms with van der Waals surface area (Å²) >= 11 is 6.04. The molecule has 3 aromatic rings. The third-order valence-corrected chi connectivity index (χ3v) is 6.10. The van der Waals surface area contributed by atoms with Crippen LogP contribution >= 0.6 is 11.6 Å². The predicted octanol–water partition coefficient (Wildman–Crippen LogP) is 4.62. The summed E-state index contributed by atoms with van der Waals surface area (Å²) in [6.45, 7) is 3.07. The third kappa shape index (κ3) is 5.16. The highest BCUT2D eigenvalue weighted by molar-refractivity contribution is 6.30. The summed E-state index contributed by atoms with van der Waals surface area (Å²) in [4.78, 5) is 25.9. The molecule has 1 aromatic carbocycles. The van der Waals surface area contributed by atoms with Crippen molar-refractivity contribution in [3.8, 4) is 0 Å². The molecular formula is C24H27ClN6O. The molecule has 1 aliphatic carbocycles. The van der Waals surface area contributed by atoms with E-state index in [0.29, 0.717) is 29.7 Å². The molecule has 0 saturated heterocycles. The SMILES string of the molecule is Cc1ccnc(Nc2cc(NCCNC(=O)C3(c4ccc(Cl)cc4)CCCC3)ncn2)c1. The summed E-state index contributed by atoms with van der Waals surface area (Å²) in [7, 11) is 0. The van der Waals surface area contributed by atoms with E-state index in [-0.39, 0.29) is 5.91 Å². The van der Waals surface area contributed by atoms with Crippen LogP contribution in [-0.4, -0.2) is 33.9 Å². The normalized spacial score (nSPS) is 14.7. The highest BCUT2D eigenvalue weighted by atomic mass is 35.5. The molecule has 0 spiro atoms. The quantitative estimate of drug-likeness (QED) is 0.434. The van der Waals surface area contributed by atoms with Gasteiger partial charge in [-0.25, -0.2) is 15.0 Å². The number of nitrogens with one attached hydrogen (secondary N) is 3. The number of rotatable bonds is 8. The Morgan fingerprint density at radius 3 is 2.44 bits per heavy atom. The van der Waals surface area contributed by atoms with Gasteiger partial charge in [0.25, 0.3) is 0 Å². The van der Waals surface area contributed by atoms with Gasteiger partial charge in [-0.3, -0.25) is 4.79 Å². The number of anilines is 3. The molecule has 2 aromatic heterocycles. The third-order valence-electron chi connectivity index (χ3n) is 5.84. The molecule has 0 atom stereocenters. The van der Waals surface area contributed by atoms with E-state index in [1.165, 1.54) is 6.33 Å². The van der Waals surface area contributed by atoms with Crippen molar-refractivity contribution in [2.75, 3.05) is 23.7 Å². The van der Waals surface area contributed by atoms with Crippen molar-refractivity contribution in [1.82, 2.24) is 20.3 Å². The van der Waals surface area contributed by atoms with E-state index >= 15 is 0 Å². The summed E-state index contributed by atoms with van der Waals surface area (Å²) in [6.07, 6.45) is 7.08. The molecule has 2 heterocycles. The van der Waals surface area contributed by atoms with Gasteiger partial charge in [0.05, 0.1) is 5.41 Å². The lowest BCUT2D eigenvalue weighted by Gasteiger charge is -2.28. The number of carbonyl (C=O) groups is 1. The maximum Gasteiger partial charge on any atom is 0.230 e. The lowest BCUT2D eigenvalue weighted by Crippen LogP contribution is -2.44. The van der Waals surface area contributed by atoms with Crippen LogP contribution in [0.4, 0.5) is 17.5 Å². The number of aryl methyl sites for hydroxylation is 1. The Bertz CT molecular complexity index is 1070. The molecule has 4 rings (SSSR count). The molecule has 32 heavy (non-hydrogen) atoms. The van der Waals surface area contributed by atoms with Crippen molar-refractivity contribution >= 4 is 35.0 Å². The Kier molecular flexibility index (Phi) is 6.85. The van der Waals surface area contributed by atoms with Gasteiger partial charge in [0.15, 0.2) is 0 Å². The molecule has 0 aliphatic heterocycles. The average Bonchev–Trinajstić information content (AvgIpc) is 3.29. The lowest BCUT2D eigenvalue weighted by molar-refractivity contribution is -0.126. The summed E-state index contributed by atoms with van der Waals surface area (Å²) < 4.78 is 0. The second-order valence-corrected chi connectivity index (χ2v) is 8.55. The van der Waals surface area contributed by atoms with E-state index in [2.05, 4.69) is 30.9 Å². The summed E-state index contributed by atoms with van der Waals surface area (Å²) in [5, 5.41) is 10.2. The molecule has 166 valence electrons. The van der Waals surface area contributed by atoms with Gasteiger partial charge in [-0.15, -0.1) is 0 Å². The van der Waals surface area contributed by atoms with Crippen molar-refractivity contribution in [1.29, 1.82) is 0 Å². The van der Waals surface area contributed by atoms with Gasteiger partial charge in [0.2, 0.25) is 5.91 Å². The van der Waals surface area contributed by atoms with Crippen molar-refractivity contribution < 1.29 is 4.79 Å². The number of amides is 1. The van der Waals surface area contributed by atoms with Crippen molar-refractivity contribution in [2.45, 2.75) is 38.0 Å². The molecule has 7 nitrogen and oxygen atoms in total. The first kappa shape index (κ1) is 22.0. The molecule has 1 fully saturated rings. The highest BCUT2D eigenvalue weighted by Gasteiger charge is 2.42. The summed E-state index contributed by atoms with van der Waals surface area (Å²) in [6, 6.07) is 13.4. The second kappa shape index (κ2) is 9.96. The number of aromatic nitrogens is 3. The van der Waals surface area contributed by atoms with Crippen LogP contribution in [0.2, 0.25) is 5.02 Å². The zero-order valence-electron chi connectivity index (χ0n) is 18.1. The Balaban J connectivity index is 1.32. The van der Waals surface area contributed by atoms with Crippen molar-refractivity contribution in [3.05, 3.63) is 71.1 Å². The van der Waals surface area contributed by atoms with E-state index in [4.69, 9.17) is 11.6 Å². The largest absolute Gasteiger partial charge is 0.368 e. The first-order valence-electron chi connectivity index (χ1n) is 10.9. The molecule has 3 N–H and O–H groups in total. The number of halogens is 1. The summed E-state index contributed by atoms with van der Waals surface area (Å²) in [5.74, 6) is 2.13. The maximum atomic E-state index is 13.1. The number of hydrogen-bond acceptors (Lipinski definition) is 6. The average molecular weight is 451 g/mol. The molecule has 1 saturated carbocycles. The van der Waals surface area contributed by atoms with Gasteiger partial charge in [0.1, 0.15) is 23.8 Å². The van der Waals surface area contributed by atoms with Crippen LogP contribution in [0, 0.1) is 6.92 Å². The van der Waals surface area contributed by atoms with E-state index in [1.807, 2.05) is 49.4 Å². The van der Waals surface area contributed by atoms with Crippen LogP contribution < -0.4 is 16.0 Å². The number of nitrogens with zero attached hydrogens (tertiary/aromatic N) is 3. The van der Waals surface area contributed by atoms with E-state index in [0.717, 1.165) is 42.6 Å². The zero-order chi connectivity index (χ0) is 22.4. The number of pyridine rings is 1. The minimum Gasteiger partial charge on any atom is -0.368 e. The van der Waals surface area contributed by atoms with Gasteiger partial charge < -0.3 is 16.0 Å². The maximum absolute atomic E-state index is 13.1. The minimum atomic E-state index is -0.461. The zero-order valence-corrected chi connectivity index (χ0v) is 18.8. The molecular weight excluding hydrogens is 424 g/mol. The van der Waals surface area contributed by atoms with Crippen LogP contribution in [0.3, 0.4) is 0 Å². The van der Waals surface area contributed by atoms with Crippen LogP contribution in [0.25, 0.3) is 0 Å². The van der Waals surface area contributed by atoms with Gasteiger partial charge >= 0.3 is 0 Å².